The van der Waals surface area contributed by atoms with E-state index in [1.165, 1.54) is 25.7 Å². The van der Waals surface area contributed by atoms with Gasteiger partial charge in [0.15, 0.2) is 5.96 Å². The first-order valence-corrected chi connectivity index (χ1v) is 7.61. The minimum atomic E-state index is 0.729. The third kappa shape index (κ3) is 6.08. The van der Waals surface area contributed by atoms with Crippen molar-refractivity contribution in [3.8, 4) is 0 Å². The second kappa shape index (κ2) is 9.39. The number of unbranched alkanes of at least 4 members (excludes halogenated alkanes) is 1. The van der Waals surface area contributed by atoms with E-state index >= 15 is 0 Å². The lowest BCUT2D eigenvalue weighted by Crippen LogP contribution is -2.39. The zero-order chi connectivity index (χ0) is 14.8. The molecule has 114 valence electrons. The Morgan fingerprint density at radius 3 is 2.75 bits per heavy atom. The Kier molecular flexibility index (Phi) is 7.77. The van der Waals surface area contributed by atoms with Crippen molar-refractivity contribution >= 4 is 5.96 Å². The molecule has 1 atom stereocenters. The molecule has 0 amide bonds. The fourth-order valence-corrected chi connectivity index (χ4v) is 2.15. The molecular formula is C15H29N5. The maximum Gasteiger partial charge on any atom is 0.191 e. The third-order valence-corrected chi connectivity index (χ3v) is 3.54. The number of aromatic nitrogens is 2. The molecule has 5 nitrogen and oxygen atoms in total. The summed E-state index contributed by atoms with van der Waals surface area (Å²) in [6, 6.07) is 0. The molecular weight excluding hydrogens is 250 g/mol. The van der Waals surface area contributed by atoms with Gasteiger partial charge in [0.1, 0.15) is 0 Å². The molecule has 0 fully saturated rings. The summed E-state index contributed by atoms with van der Waals surface area (Å²) in [6.45, 7) is 6.24. The number of aliphatic imine (C=N–C) groups is 1. The molecule has 5 heteroatoms. The molecule has 1 aromatic heterocycles. The number of rotatable bonds is 8. The molecule has 0 aliphatic carbocycles. The first-order chi connectivity index (χ1) is 9.69. The highest BCUT2D eigenvalue weighted by Gasteiger charge is 2.07. The van der Waals surface area contributed by atoms with E-state index in [4.69, 9.17) is 0 Å². The first kappa shape index (κ1) is 16.5. The maximum absolute atomic E-state index is 4.26. The number of guanidine groups is 1. The van der Waals surface area contributed by atoms with E-state index in [1.807, 2.05) is 31.2 Å². The highest BCUT2D eigenvalue weighted by molar-refractivity contribution is 5.79. The molecule has 1 unspecified atom stereocenters. The second-order valence-electron chi connectivity index (χ2n) is 5.25. The SMILES string of the molecule is CCCCC(CC)CNC(=NC)NCc1cnn(C)c1. The van der Waals surface area contributed by atoms with Gasteiger partial charge in [-0.25, -0.2) is 0 Å². The fourth-order valence-electron chi connectivity index (χ4n) is 2.15. The van der Waals surface area contributed by atoms with Crippen molar-refractivity contribution in [1.29, 1.82) is 0 Å². The van der Waals surface area contributed by atoms with Crippen LogP contribution in [0.15, 0.2) is 17.4 Å². The van der Waals surface area contributed by atoms with Gasteiger partial charge in [-0.05, 0) is 12.3 Å². The Balaban J connectivity index is 2.32. The smallest absolute Gasteiger partial charge is 0.191 e. The number of nitrogens with zero attached hydrogens (tertiary/aromatic N) is 3. The molecule has 0 aliphatic rings. The minimum absolute atomic E-state index is 0.729. The molecule has 1 heterocycles. The molecule has 1 aromatic rings. The monoisotopic (exact) mass is 279 g/mol. The summed E-state index contributed by atoms with van der Waals surface area (Å²) >= 11 is 0. The highest BCUT2D eigenvalue weighted by atomic mass is 15.2. The van der Waals surface area contributed by atoms with Gasteiger partial charge in [-0.1, -0.05) is 33.1 Å². The predicted octanol–water partition coefficient (Wildman–Crippen LogP) is 2.30. The van der Waals surface area contributed by atoms with Crippen LogP contribution in [-0.4, -0.2) is 29.3 Å². The molecule has 1 rings (SSSR count). The van der Waals surface area contributed by atoms with Crippen molar-refractivity contribution in [3.05, 3.63) is 18.0 Å². The molecule has 0 saturated carbocycles. The van der Waals surface area contributed by atoms with Crippen molar-refractivity contribution in [2.24, 2.45) is 18.0 Å². The van der Waals surface area contributed by atoms with E-state index in [9.17, 15) is 0 Å². The lowest BCUT2D eigenvalue weighted by atomic mass is 9.99. The summed E-state index contributed by atoms with van der Waals surface area (Å²) in [7, 11) is 3.74. The lowest BCUT2D eigenvalue weighted by Gasteiger charge is -2.17. The zero-order valence-electron chi connectivity index (χ0n) is 13.3. The summed E-state index contributed by atoms with van der Waals surface area (Å²) in [4.78, 5) is 4.26. The van der Waals surface area contributed by atoms with Crippen molar-refractivity contribution in [3.63, 3.8) is 0 Å². The maximum atomic E-state index is 4.26. The number of aryl methyl sites for hydroxylation is 1. The first-order valence-electron chi connectivity index (χ1n) is 7.61. The molecule has 0 aliphatic heterocycles. The highest BCUT2D eigenvalue weighted by Crippen LogP contribution is 2.11. The summed E-state index contributed by atoms with van der Waals surface area (Å²) in [6.07, 6.45) is 8.96. The van der Waals surface area contributed by atoms with E-state index in [-0.39, 0.29) is 0 Å². The van der Waals surface area contributed by atoms with Crippen LogP contribution in [0.4, 0.5) is 0 Å². The number of hydrogen-bond acceptors (Lipinski definition) is 2. The van der Waals surface area contributed by atoms with Crippen LogP contribution in [0.5, 0.6) is 0 Å². The standard InChI is InChI=1S/C15H29N5/c1-5-7-8-13(6-2)9-17-15(16-3)18-10-14-11-19-20(4)12-14/h11-13H,5-10H2,1-4H3,(H2,16,17,18). The summed E-state index contributed by atoms with van der Waals surface area (Å²) in [5.74, 6) is 1.59. The quantitative estimate of drug-likeness (QED) is 0.567. The van der Waals surface area contributed by atoms with Crippen LogP contribution in [-0.2, 0) is 13.6 Å². The van der Waals surface area contributed by atoms with Gasteiger partial charge in [0.2, 0.25) is 0 Å². The van der Waals surface area contributed by atoms with Gasteiger partial charge in [0.25, 0.3) is 0 Å². The van der Waals surface area contributed by atoms with Gasteiger partial charge in [-0.3, -0.25) is 9.67 Å². The van der Waals surface area contributed by atoms with Gasteiger partial charge in [-0.15, -0.1) is 0 Å². The van der Waals surface area contributed by atoms with Crippen molar-refractivity contribution in [2.75, 3.05) is 13.6 Å². The van der Waals surface area contributed by atoms with Crippen molar-refractivity contribution in [1.82, 2.24) is 20.4 Å². The Hall–Kier alpha value is -1.52. The van der Waals surface area contributed by atoms with Gasteiger partial charge < -0.3 is 10.6 Å². The Morgan fingerprint density at radius 2 is 2.20 bits per heavy atom. The number of hydrogen-bond donors (Lipinski definition) is 2. The fraction of sp³-hybridized carbons (Fsp3) is 0.733. The molecule has 0 aromatic carbocycles. The van der Waals surface area contributed by atoms with Gasteiger partial charge >= 0.3 is 0 Å². The van der Waals surface area contributed by atoms with Crippen LogP contribution < -0.4 is 10.6 Å². The predicted molar refractivity (Wildman–Crippen MR) is 84.7 cm³/mol. The molecule has 0 bridgehead atoms. The van der Waals surface area contributed by atoms with Crippen LogP contribution in [0.1, 0.15) is 45.1 Å². The Labute approximate surface area is 122 Å². The normalized spacial score (nSPS) is 13.3. The van der Waals surface area contributed by atoms with Crippen LogP contribution in [0, 0.1) is 5.92 Å². The van der Waals surface area contributed by atoms with Crippen LogP contribution in [0.3, 0.4) is 0 Å². The summed E-state index contributed by atoms with van der Waals surface area (Å²) in [5.41, 5.74) is 1.16. The Bertz CT molecular complexity index is 397. The van der Waals surface area contributed by atoms with Crippen LogP contribution in [0.25, 0.3) is 0 Å². The van der Waals surface area contributed by atoms with Crippen LogP contribution in [0.2, 0.25) is 0 Å². The molecule has 2 N–H and O–H groups in total. The average molecular weight is 279 g/mol. The second-order valence-corrected chi connectivity index (χ2v) is 5.25. The molecule has 20 heavy (non-hydrogen) atoms. The van der Waals surface area contributed by atoms with Gasteiger partial charge in [0.05, 0.1) is 6.20 Å². The molecule has 0 radical (unpaired) electrons. The van der Waals surface area contributed by atoms with Crippen LogP contribution >= 0.6 is 0 Å². The largest absolute Gasteiger partial charge is 0.356 e. The zero-order valence-corrected chi connectivity index (χ0v) is 13.3. The summed E-state index contributed by atoms with van der Waals surface area (Å²) < 4.78 is 1.81. The summed E-state index contributed by atoms with van der Waals surface area (Å²) in [5, 5.41) is 10.9. The Morgan fingerprint density at radius 1 is 1.40 bits per heavy atom. The van der Waals surface area contributed by atoms with Gasteiger partial charge in [0, 0.05) is 38.9 Å². The molecule has 0 saturated heterocycles. The van der Waals surface area contributed by atoms with Crippen molar-refractivity contribution < 1.29 is 0 Å². The topological polar surface area (TPSA) is 54.2 Å². The van der Waals surface area contributed by atoms with Gasteiger partial charge in [-0.2, -0.15) is 5.10 Å². The molecule has 0 spiro atoms. The van der Waals surface area contributed by atoms with E-state index in [1.54, 1.807) is 0 Å². The lowest BCUT2D eigenvalue weighted by molar-refractivity contribution is 0.443. The van der Waals surface area contributed by atoms with E-state index in [2.05, 4.69) is 34.6 Å². The van der Waals surface area contributed by atoms with E-state index in [0.717, 1.165) is 30.5 Å². The minimum Gasteiger partial charge on any atom is -0.356 e. The van der Waals surface area contributed by atoms with E-state index in [0.29, 0.717) is 0 Å². The van der Waals surface area contributed by atoms with E-state index < -0.39 is 0 Å². The third-order valence-electron chi connectivity index (χ3n) is 3.54. The number of nitrogens with one attached hydrogen (secondary N) is 2. The van der Waals surface area contributed by atoms with Crippen molar-refractivity contribution in [2.45, 2.75) is 46.1 Å². The average Bonchev–Trinajstić information content (AvgIpc) is 2.87.